The number of amidine groups is 1. The molecule has 2 aliphatic rings. The van der Waals surface area contributed by atoms with Crippen LogP contribution in [0, 0.1) is 0 Å². The monoisotopic (exact) mass is 429 g/mol. The first-order valence-corrected chi connectivity index (χ1v) is 10.9. The number of aliphatic imine (C=N–C) groups is 1. The molecular formula is C20H29Cl2N3OS. The second kappa shape index (κ2) is 11.2. The molecule has 1 saturated heterocycles. The maximum atomic E-state index is 12.3. The molecule has 27 heavy (non-hydrogen) atoms. The lowest BCUT2D eigenvalue weighted by molar-refractivity contribution is -0.121. The number of nitrogens with one attached hydrogen (secondary N) is 1. The largest absolute Gasteiger partial charge is 0.352 e. The Bertz CT molecular complexity index is 631. The number of carbonyl (C=O) groups is 1. The van der Waals surface area contributed by atoms with Crippen molar-refractivity contribution in [3.63, 3.8) is 0 Å². The molecule has 1 aliphatic carbocycles. The molecule has 1 heterocycles. The van der Waals surface area contributed by atoms with E-state index in [1.165, 1.54) is 38.5 Å². The molecule has 1 aromatic rings. The van der Waals surface area contributed by atoms with Gasteiger partial charge in [0.15, 0.2) is 5.17 Å². The summed E-state index contributed by atoms with van der Waals surface area (Å²) in [6, 6.07) is 8.28. The van der Waals surface area contributed by atoms with E-state index in [0.717, 1.165) is 16.5 Å². The zero-order valence-electron chi connectivity index (χ0n) is 15.8. The van der Waals surface area contributed by atoms with Crippen LogP contribution in [0.3, 0.4) is 0 Å². The molecule has 0 aromatic heterocycles. The van der Waals surface area contributed by atoms with E-state index in [0.29, 0.717) is 24.0 Å². The molecule has 1 saturated carbocycles. The second-order valence-electron chi connectivity index (χ2n) is 7.24. The van der Waals surface area contributed by atoms with Crippen molar-refractivity contribution in [3.8, 4) is 0 Å². The summed E-state index contributed by atoms with van der Waals surface area (Å²) in [5, 5.41) is 4.84. The molecule has 7 heteroatoms. The molecule has 0 bridgehead atoms. The first-order valence-electron chi connectivity index (χ1n) is 9.56. The highest BCUT2D eigenvalue weighted by Crippen LogP contribution is 2.28. The minimum Gasteiger partial charge on any atom is -0.352 e. The van der Waals surface area contributed by atoms with E-state index in [-0.39, 0.29) is 24.4 Å². The molecule has 0 spiro atoms. The zero-order valence-corrected chi connectivity index (χ0v) is 18.2. The lowest BCUT2D eigenvalue weighted by atomic mass is 10.1. The lowest BCUT2D eigenvalue weighted by Gasteiger charge is -2.21. The predicted molar refractivity (Wildman–Crippen MR) is 118 cm³/mol. The normalized spacial score (nSPS) is 22.4. The molecule has 0 radical (unpaired) electrons. The number of rotatable bonds is 5. The summed E-state index contributed by atoms with van der Waals surface area (Å²) in [4.78, 5) is 19.5. The Morgan fingerprint density at radius 2 is 1.89 bits per heavy atom. The molecule has 1 aliphatic heterocycles. The van der Waals surface area contributed by atoms with Crippen LogP contribution in [0.1, 0.15) is 50.5 Å². The summed E-state index contributed by atoms with van der Waals surface area (Å²) in [6.45, 7) is 0.544. The van der Waals surface area contributed by atoms with Crippen LogP contribution in [0.5, 0.6) is 0 Å². The Balaban J connectivity index is 0.00000261. The third-order valence-electron chi connectivity index (χ3n) is 5.20. The minimum atomic E-state index is 0. The second-order valence-corrected chi connectivity index (χ2v) is 8.66. The van der Waals surface area contributed by atoms with Gasteiger partial charge in [-0.15, -0.1) is 12.4 Å². The van der Waals surface area contributed by atoms with Crippen LogP contribution in [-0.4, -0.2) is 40.9 Å². The fourth-order valence-corrected chi connectivity index (χ4v) is 4.88. The molecule has 1 atom stereocenters. The van der Waals surface area contributed by atoms with Crippen molar-refractivity contribution in [2.45, 2.75) is 63.6 Å². The van der Waals surface area contributed by atoms with Gasteiger partial charge in [-0.25, -0.2) is 0 Å². The van der Waals surface area contributed by atoms with Crippen molar-refractivity contribution in [3.05, 3.63) is 34.9 Å². The van der Waals surface area contributed by atoms with E-state index in [9.17, 15) is 4.79 Å². The Morgan fingerprint density at radius 1 is 1.22 bits per heavy atom. The number of hydrogen-bond donors (Lipinski definition) is 1. The molecule has 1 amide bonds. The minimum absolute atomic E-state index is 0. The molecule has 1 aromatic carbocycles. The van der Waals surface area contributed by atoms with Crippen LogP contribution >= 0.6 is 35.8 Å². The van der Waals surface area contributed by atoms with Crippen molar-refractivity contribution >= 4 is 46.8 Å². The molecular weight excluding hydrogens is 401 g/mol. The SMILES string of the molecule is CN1C(=NC2CCCCCC2)SCC1CC(=O)NCc1ccc(Cl)cc1.Cl. The highest BCUT2D eigenvalue weighted by atomic mass is 35.5. The Kier molecular flexibility index (Phi) is 9.27. The van der Waals surface area contributed by atoms with Gasteiger partial charge < -0.3 is 10.2 Å². The highest BCUT2D eigenvalue weighted by Gasteiger charge is 2.29. The van der Waals surface area contributed by atoms with Crippen molar-refractivity contribution in [2.24, 2.45) is 4.99 Å². The molecule has 1 unspecified atom stereocenters. The van der Waals surface area contributed by atoms with Crippen LogP contribution in [0.4, 0.5) is 0 Å². The third kappa shape index (κ3) is 6.88. The van der Waals surface area contributed by atoms with Crippen LogP contribution in [0.25, 0.3) is 0 Å². The van der Waals surface area contributed by atoms with E-state index in [2.05, 4.69) is 17.3 Å². The Morgan fingerprint density at radius 3 is 2.56 bits per heavy atom. The standard InChI is InChI=1S/C20H28ClN3OS.ClH/c1-24-18(12-19(25)22-13-15-8-10-16(21)11-9-15)14-26-20(24)23-17-6-4-2-3-5-7-17;/h8-11,17-18H,2-7,12-14H2,1H3,(H,22,25);1H. The van der Waals surface area contributed by atoms with Gasteiger partial charge in [0.05, 0.1) is 6.04 Å². The van der Waals surface area contributed by atoms with Gasteiger partial charge in [0.25, 0.3) is 0 Å². The average molecular weight is 430 g/mol. The van der Waals surface area contributed by atoms with Gasteiger partial charge in [0.2, 0.25) is 5.91 Å². The summed E-state index contributed by atoms with van der Waals surface area (Å²) in [6.07, 6.45) is 8.23. The van der Waals surface area contributed by atoms with Crippen molar-refractivity contribution in [1.82, 2.24) is 10.2 Å². The maximum absolute atomic E-state index is 12.3. The van der Waals surface area contributed by atoms with E-state index >= 15 is 0 Å². The fourth-order valence-electron chi connectivity index (χ4n) is 3.50. The number of thioether (sulfide) groups is 1. The summed E-state index contributed by atoms with van der Waals surface area (Å²) >= 11 is 7.69. The molecule has 2 fully saturated rings. The quantitative estimate of drug-likeness (QED) is 0.677. The van der Waals surface area contributed by atoms with Crippen LogP contribution < -0.4 is 5.32 Å². The average Bonchev–Trinajstić information content (AvgIpc) is 2.84. The van der Waals surface area contributed by atoms with Gasteiger partial charge in [-0.2, -0.15) is 0 Å². The van der Waals surface area contributed by atoms with Crippen LogP contribution in [0.2, 0.25) is 5.02 Å². The van der Waals surface area contributed by atoms with Crippen molar-refractivity contribution in [2.75, 3.05) is 12.8 Å². The lowest BCUT2D eigenvalue weighted by Crippen LogP contribution is -2.36. The van der Waals surface area contributed by atoms with E-state index in [4.69, 9.17) is 16.6 Å². The Hall–Kier alpha value is -0.910. The van der Waals surface area contributed by atoms with Gasteiger partial charge in [0.1, 0.15) is 0 Å². The number of halogens is 2. The number of nitrogens with zero attached hydrogens (tertiary/aromatic N) is 2. The topological polar surface area (TPSA) is 44.7 Å². The van der Waals surface area contributed by atoms with Gasteiger partial charge in [-0.1, -0.05) is 61.2 Å². The van der Waals surface area contributed by atoms with E-state index in [1.54, 1.807) is 11.8 Å². The van der Waals surface area contributed by atoms with Gasteiger partial charge in [0, 0.05) is 36.8 Å². The molecule has 3 rings (SSSR count). The number of benzene rings is 1. The number of hydrogen-bond acceptors (Lipinski definition) is 3. The maximum Gasteiger partial charge on any atom is 0.222 e. The Labute approximate surface area is 177 Å². The van der Waals surface area contributed by atoms with Crippen LogP contribution in [-0.2, 0) is 11.3 Å². The van der Waals surface area contributed by atoms with Crippen LogP contribution in [0.15, 0.2) is 29.3 Å². The van der Waals surface area contributed by atoms with Crippen molar-refractivity contribution < 1.29 is 4.79 Å². The van der Waals surface area contributed by atoms with Crippen molar-refractivity contribution in [1.29, 1.82) is 0 Å². The fraction of sp³-hybridized carbons (Fsp3) is 0.600. The van der Waals surface area contributed by atoms with Gasteiger partial charge in [-0.05, 0) is 30.5 Å². The first-order chi connectivity index (χ1) is 12.6. The summed E-state index contributed by atoms with van der Waals surface area (Å²) in [5.74, 6) is 1.03. The summed E-state index contributed by atoms with van der Waals surface area (Å²) in [5.41, 5.74) is 1.06. The van der Waals surface area contributed by atoms with Gasteiger partial charge in [-0.3, -0.25) is 9.79 Å². The summed E-state index contributed by atoms with van der Waals surface area (Å²) < 4.78 is 0. The number of carbonyl (C=O) groups excluding carboxylic acids is 1. The number of amides is 1. The smallest absolute Gasteiger partial charge is 0.222 e. The zero-order chi connectivity index (χ0) is 18.4. The van der Waals surface area contributed by atoms with E-state index < -0.39 is 0 Å². The predicted octanol–water partition coefficient (Wildman–Crippen LogP) is 4.89. The van der Waals surface area contributed by atoms with Gasteiger partial charge >= 0.3 is 0 Å². The molecule has 4 nitrogen and oxygen atoms in total. The first kappa shape index (κ1) is 22.4. The highest BCUT2D eigenvalue weighted by molar-refractivity contribution is 8.14. The van der Waals surface area contributed by atoms with E-state index in [1.807, 2.05) is 24.3 Å². The molecule has 1 N–H and O–H groups in total. The third-order valence-corrected chi connectivity index (χ3v) is 6.65. The molecule has 150 valence electrons. The summed E-state index contributed by atoms with van der Waals surface area (Å²) in [7, 11) is 2.08.